The molecular formula is C32H34N4O9S2. The van der Waals surface area contributed by atoms with Gasteiger partial charge in [0, 0.05) is 35.6 Å². The zero-order chi connectivity index (χ0) is 33.9. The Balaban J connectivity index is 1.48. The minimum Gasteiger partial charge on any atom is -0.457 e. The van der Waals surface area contributed by atoms with Crippen LogP contribution in [0.15, 0.2) is 108 Å². The molecule has 0 radical (unpaired) electrons. The minimum atomic E-state index is -3.66. The third-order valence-electron chi connectivity index (χ3n) is 7.26. The number of nitrogens with zero attached hydrogens (tertiary/aromatic N) is 4. The van der Waals surface area contributed by atoms with Gasteiger partial charge < -0.3 is 4.74 Å². The summed E-state index contributed by atoms with van der Waals surface area (Å²) in [4.78, 5) is 32.8. The average molecular weight is 683 g/mol. The van der Waals surface area contributed by atoms with Crippen molar-refractivity contribution >= 4 is 20.2 Å². The molecule has 0 saturated carbocycles. The van der Waals surface area contributed by atoms with Crippen molar-refractivity contribution in [1.82, 2.24) is 9.97 Å². The highest BCUT2D eigenvalue weighted by Crippen LogP contribution is 2.39. The Kier molecular flexibility index (Phi) is 12.4. The van der Waals surface area contributed by atoms with Crippen molar-refractivity contribution in [3.63, 3.8) is 0 Å². The van der Waals surface area contributed by atoms with Gasteiger partial charge in [-0.1, -0.05) is 46.8 Å². The molecule has 2 aromatic carbocycles. The number of benzene rings is 2. The molecule has 2 heterocycles. The van der Waals surface area contributed by atoms with Gasteiger partial charge in [-0.2, -0.15) is 26.6 Å². The van der Waals surface area contributed by atoms with E-state index in [2.05, 4.69) is 20.3 Å². The predicted octanol–water partition coefficient (Wildman–Crippen LogP) is 6.18. The van der Waals surface area contributed by atoms with Crippen molar-refractivity contribution in [1.29, 1.82) is 0 Å². The Bertz CT molecular complexity index is 1680. The summed E-state index contributed by atoms with van der Waals surface area (Å²) in [5.41, 5.74) is 2.31. The third kappa shape index (κ3) is 10.8. The van der Waals surface area contributed by atoms with Gasteiger partial charge in [0.15, 0.2) is 0 Å². The molecule has 0 aliphatic rings. The Morgan fingerprint density at radius 3 is 1.28 bits per heavy atom. The maximum atomic E-state index is 12.1. The molecule has 4 rings (SSSR count). The number of ether oxygens (including phenoxy) is 1. The summed E-state index contributed by atoms with van der Waals surface area (Å²) >= 11 is 0. The lowest BCUT2D eigenvalue weighted by Gasteiger charge is -2.22. The molecule has 0 aliphatic carbocycles. The molecule has 0 aliphatic heterocycles. The lowest BCUT2D eigenvalue weighted by molar-refractivity contribution is 0.292. The van der Waals surface area contributed by atoms with Crippen molar-refractivity contribution in [2.75, 3.05) is 25.7 Å². The van der Waals surface area contributed by atoms with E-state index in [1.807, 2.05) is 0 Å². The van der Waals surface area contributed by atoms with E-state index >= 15 is 0 Å². The summed E-state index contributed by atoms with van der Waals surface area (Å²) in [5, 5.41) is 6.70. The molecule has 2 aromatic heterocycles. The van der Waals surface area contributed by atoms with Crippen LogP contribution in [0.3, 0.4) is 0 Å². The number of aromatic nitrogens is 2. The second kappa shape index (κ2) is 16.4. The maximum Gasteiger partial charge on any atom is 0.264 e. The number of hydrogen-bond donors (Lipinski definition) is 0. The predicted molar refractivity (Wildman–Crippen MR) is 175 cm³/mol. The Morgan fingerprint density at radius 2 is 0.979 bits per heavy atom. The molecule has 0 N–H and O–H groups in total. The topological polar surface area (TPSA) is 181 Å². The van der Waals surface area contributed by atoms with Gasteiger partial charge in [0.05, 0.1) is 25.7 Å². The average Bonchev–Trinajstić information content (AvgIpc) is 3.05. The highest BCUT2D eigenvalue weighted by Gasteiger charge is 2.29. The van der Waals surface area contributed by atoms with Crippen LogP contribution in [0, 0.1) is 9.81 Å². The third-order valence-corrected chi connectivity index (χ3v) is 8.45. The van der Waals surface area contributed by atoms with Crippen LogP contribution in [0.25, 0.3) is 0 Å². The van der Waals surface area contributed by atoms with E-state index in [1.54, 1.807) is 97.3 Å². The summed E-state index contributed by atoms with van der Waals surface area (Å²) in [6.45, 7) is -0.276. The van der Waals surface area contributed by atoms with E-state index in [-0.39, 0.29) is 26.1 Å². The minimum absolute atomic E-state index is 0.138. The van der Waals surface area contributed by atoms with Crippen LogP contribution in [0.4, 0.5) is 0 Å². The second-order valence-corrected chi connectivity index (χ2v) is 14.0. The molecular weight excluding hydrogens is 649 g/mol. The molecule has 0 spiro atoms. The first-order valence-corrected chi connectivity index (χ1v) is 18.1. The number of hydrogen-bond acceptors (Lipinski definition) is 13. The van der Waals surface area contributed by atoms with Gasteiger partial charge in [-0.25, -0.2) is 0 Å². The second-order valence-electron chi connectivity index (χ2n) is 10.7. The van der Waals surface area contributed by atoms with Crippen LogP contribution in [0.5, 0.6) is 11.5 Å². The van der Waals surface area contributed by atoms with Crippen LogP contribution in [-0.4, -0.2) is 52.5 Å². The van der Waals surface area contributed by atoms with Gasteiger partial charge in [-0.15, -0.1) is 0 Å². The highest BCUT2D eigenvalue weighted by molar-refractivity contribution is 7.86. The fraction of sp³-hybridized carbons (Fsp3) is 0.312. The summed E-state index contributed by atoms with van der Waals surface area (Å²) < 4.78 is 61.8. The van der Waals surface area contributed by atoms with Crippen molar-refractivity contribution in [3.05, 3.63) is 130 Å². The molecule has 0 saturated heterocycles. The fourth-order valence-electron chi connectivity index (χ4n) is 5.11. The van der Waals surface area contributed by atoms with Gasteiger partial charge in [0.1, 0.15) is 23.6 Å². The fourth-order valence-corrected chi connectivity index (χ4v) is 5.91. The summed E-state index contributed by atoms with van der Waals surface area (Å²) in [7, 11) is -7.33. The molecule has 4 atom stereocenters. The molecule has 0 amide bonds. The Labute approximate surface area is 273 Å². The van der Waals surface area contributed by atoms with Crippen molar-refractivity contribution < 1.29 is 29.9 Å². The monoisotopic (exact) mass is 682 g/mol. The normalized spacial score (nSPS) is 14.4. The molecule has 4 unspecified atom stereocenters. The van der Waals surface area contributed by atoms with Gasteiger partial charge in [0.2, 0.25) is 0 Å². The van der Waals surface area contributed by atoms with E-state index in [1.165, 1.54) is 0 Å². The summed E-state index contributed by atoms with van der Waals surface area (Å²) in [6.07, 6.45) is 5.47. The maximum absolute atomic E-state index is 12.1. The van der Waals surface area contributed by atoms with Gasteiger partial charge in [-0.3, -0.25) is 18.3 Å². The van der Waals surface area contributed by atoms with Crippen molar-refractivity contribution in [2.45, 2.75) is 36.8 Å². The molecule has 15 heteroatoms. The largest absolute Gasteiger partial charge is 0.457 e. The lowest BCUT2D eigenvalue weighted by atomic mass is 9.88. The Morgan fingerprint density at radius 1 is 0.596 bits per heavy atom. The molecule has 4 aromatic rings. The van der Waals surface area contributed by atoms with Crippen molar-refractivity contribution in [3.8, 4) is 11.5 Å². The van der Waals surface area contributed by atoms with Crippen molar-refractivity contribution in [2.24, 2.45) is 10.4 Å². The molecule has 0 bridgehead atoms. The van der Waals surface area contributed by atoms with Crippen LogP contribution < -0.4 is 4.74 Å². The zero-order valence-corrected chi connectivity index (χ0v) is 27.3. The number of rotatable bonds is 18. The van der Waals surface area contributed by atoms with E-state index in [9.17, 15) is 26.6 Å². The SMILES string of the molecule is CS(=O)(=O)OCCC(c1ccccn1)C(N=O)c1ccc(Oc2ccc(C(N=O)C(CCOS(C)(=O)=O)c3ccccn3)cc2)cc1. The molecule has 47 heavy (non-hydrogen) atoms. The van der Waals surface area contributed by atoms with Crippen LogP contribution in [-0.2, 0) is 28.6 Å². The highest BCUT2D eigenvalue weighted by atomic mass is 32.2. The summed E-state index contributed by atoms with van der Waals surface area (Å²) in [6, 6.07) is 22.3. The Hall–Kier alpha value is -4.44. The zero-order valence-electron chi connectivity index (χ0n) is 25.7. The first-order valence-electron chi connectivity index (χ1n) is 14.5. The van der Waals surface area contributed by atoms with Gasteiger partial charge in [-0.05, 0) is 72.5 Å². The standard InChI is InChI=1S/C32H34N4O9S2/c1-46(39,40)43-21-17-27(29-7-3-5-19-33-29)31(35-37)23-9-13-25(14-10-23)45-26-15-11-24(12-16-26)32(36-38)28(18-22-44-47(2,41)42)30-8-4-6-20-34-30/h3-16,19-20,27-28,31-32H,17-18,21-22H2,1-2H3. The smallest absolute Gasteiger partial charge is 0.264 e. The quantitative estimate of drug-likeness (QED) is 0.0863. The van der Waals surface area contributed by atoms with Gasteiger partial charge >= 0.3 is 0 Å². The van der Waals surface area contributed by atoms with E-state index < -0.39 is 44.2 Å². The molecule has 248 valence electrons. The van der Waals surface area contributed by atoms with Crippen LogP contribution in [0.1, 0.15) is 59.3 Å². The molecule has 13 nitrogen and oxygen atoms in total. The molecule has 0 fully saturated rings. The number of pyridine rings is 2. The number of nitroso groups, excluding NO2 is 2. The van der Waals surface area contributed by atoms with Crippen LogP contribution >= 0.6 is 0 Å². The van der Waals surface area contributed by atoms with Gasteiger partial charge in [0.25, 0.3) is 20.2 Å². The lowest BCUT2D eigenvalue weighted by Crippen LogP contribution is -2.15. The van der Waals surface area contributed by atoms with E-state index in [0.29, 0.717) is 34.0 Å². The van der Waals surface area contributed by atoms with E-state index in [4.69, 9.17) is 13.1 Å². The first-order chi connectivity index (χ1) is 22.5. The first kappa shape index (κ1) is 35.4. The van der Waals surface area contributed by atoms with Crippen LogP contribution in [0.2, 0.25) is 0 Å². The summed E-state index contributed by atoms with van der Waals surface area (Å²) in [5.74, 6) is -0.144. The van der Waals surface area contributed by atoms with E-state index in [0.717, 1.165) is 12.5 Å².